The van der Waals surface area contributed by atoms with E-state index in [-0.39, 0.29) is 12.5 Å². The molecule has 0 bridgehead atoms. The molecule has 1 N–H and O–H groups in total. The molecule has 4 nitrogen and oxygen atoms in total. The lowest BCUT2D eigenvalue weighted by molar-refractivity contribution is 0.0537. The molecule has 2 atom stereocenters. The summed E-state index contributed by atoms with van der Waals surface area (Å²) >= 11 is 0. The van der Waals surface area contributed by atoms with E-state index in [2.05, 4.69) is 12.1 Å². The lowest BCUT2D eigenvalue weighted by Gasteiger charge is -2.25. The molecule has 0 heterocycles. The number of carbonyl (C=O) groups is 1. The van der Waals surface area contributed by atoms with Crippen molar-refractivity contribution in [1.82, 2.24) is 0 Å². The summed E-state index contributed by atoms with van der Waals surface area (Å²) in [6, 6.07) is 27.2. The predicted octanol–water partition coefficient (Wildman–Crippen LogP) is 5.13. The van der Waals surface area contributed by atoms with Gasteiger partial charge in [0.2, 0.25) is 0 Å². The van der Waals surface area contributed by atoms with Crippen LogP contribution in [0, 0.1) is 5.92 Å². The average molecular weight is 387 g/mol. The molecule has 0 spiro atoms. The van der Waals surface area contributed by atoms with Crippen molar-refractivity contribution in [3.8, 4) is 0 Å². The third kappa shape index (κ3) is 4.49. The predicted molar refractivity (Wildman–Crippen MR) is 114 cm³/mol. The van der Waals surface area contributed by atoms with Crippen LogP contribution in [-0.4, -0.2) is 23.9 Å². The third-order valence-electron chi connectivity index (χ3n) is 5.49. The Kier molecular flexibility index (Phi) is 5.92. The quantitative estimate of drug-likeness (QED) is 0.632. The molecule has 29 heavy (non-hydrogen) atoms. The van der Waals surface area contributed by atoms with E-state index >= 15 is 0 Å². The van der Waals surface area contributed by atoms with E-state index in [1.165, 1.54) is 11.1 Å². The van der Waals surface area contributed by atoms with Crippen molar-refractivity contribution in [2.24, 2.45) is 5.92 Å². The number of anilines is 2. The highest BCUT2D eigenvalue weighted by Crippen LogP contribution is 2.28. The highest BCUT2D eigenvalue weighted by molar-refractivity contribution is 5.95. The van der Waals surface area contributed by atoms with Crippen LogP contribution in [-0.2, 0) is 17.6 Å². The first-order valence-corrected chi connectivity index (χ1v) is 10.0. The number of benzene rings is 3. The first-order chi connectivity index (χ1) is 14.2. The fourth-order valence-electron chi connectivity index (χ4n) is 3.89. The standard InChI is InChI=1S/C25H25NO3/c27-24-16-15-19-9-7-8-10-20(19)17-21(24)18-29-25(28)26(22-11-3-1-4-12-22)23-13-5-2-6-14-23/h1-14,21,24,27H,15-18H2. The summed E-state index contributed by atoms with van der Waals surface area (Å²) in [6.07, 6.45) is 1.31. The molecule has 0 saturated carbocycles. The number of fused-ring (bicyclic) bond motifs is 1. The SMILES string of the molecule is O=C(OCC1Cc2ccccc2CCC1O)N(c1ccccc1)c1ccccc1. The molecule has 3 aromatic carbocycles. The number of aryl methyl sites for hydroxylation is 1. The van der Waals surface area contributed by atoms with Gasteiger partial charge in [0.15, 0.2) is 0 Å². The second-order valence-electron chi connectivity index (χ2n) is 7.42. The van der Waals surface area contributed by atoms with Crippen molar-refractivity contribution in [2.45, 2.75) is 25.4 Å². The van der Waals surface area contributed by atoms with Crippen LogP contribution >= 0.6 is 0 Å². The number of amides is 1. The van der Waals surface area contributed by atoms with E-state index in [9.17, 15) is 9.90 Å². The van der Waals surface area contributed by atoms with Crippen LogP contribution in [0.2, 0.25) is 0 Å². The number of carbonyl (C=O) groups excluding carboxylic acids is 1. The van der Waals surface area contributed by atoms with Gasteiger partial charge in [0.25, 0.3) is 0 Å². The van der Waals surface area contributed by atoms with Gasteiger partial charge in [0.1, 0.15) is 0 Å². The van der Waals surface area contributed by atoms with E-state index in [0.29, 0.717) is 12.8 Å². The molecule has 0 radical (unpaired) electrons. The van der Waals surface area contributed by atoms with Gasteiger partial charge in [-0.2, -0.15) is 0 Å². The smallest absolute Gasteiger partial charge is 0.418 e. The fraction of sp³-hybridized carbons (Fsp3) is 0.240. The maximum absolute atomic E-state index is 13.0. The van der Waals surface area contributed by atoms with Crippen molar-refractivity contribution >= 4 is 17.5 Å². The molecule has 0 aliphatic heterocycles. The van der Waals surface area contributed by atoms with E-state index in [0.717, 1.165) is 17.8 Å². The number of hydrogen-bond donors (Lipinski definition) is 1. The molecule has 4 heteroatoms. The van der Waals surface area contributed by atoms with Crippen LogP contribution in [0.25, 0.3) is 0 Å². The highest BCUT2D eigenvalue weighted by atomic mass is 16.6. The topological polar surface area (TPSA) is 49.8 Å². The Bertz CT molecular complexity index is 903. The van der Waals surface area contributed by atoms with Gasteiger partial charge in [-0.05, 0) is 54.7 Å². The molecule has 4 rings (SSSR count). The third-order valence-corrected chi connectivity index (χ3v) is 5.49. The van der Waals surface area contributed by atoms with Crippen molar-refractivity contribution in [3.05, 3.63) is 96.1 Å². The summed E-state index contributed by atoms with van der Waals surface area (Å²) in [5, 5.41) is 10.6. The van der Waals surface area contributed by atoms with Crippen LogP contribution in [0.15, 0.2) is 84.9 Å². The highest BCUT2D eigenvalue weighted by Gasteiger charge is 2.27. The maximum Gasteiger partial charge on any atom is 0.418 e. The van der Waals surface area contributed by atoms with Crippen LogP contribution in [0.3, 0.4) is 0 Å². The van der Waals surface area contributed by atoms with E-state index in [4.69, 9.17) is 4.74 Å². The second kappa shape index (κ2) is 8.93. The Morgan fingerprint density at radius 1 is 0.862 bits per heavy atom. The zero-order valence-corrected chi connectivity index (χ0v) is 16.3. The average Bonchev–Trinajstić information content (AvgIpc) is 2.93. The number of nitrogens with zero attached hydrogens (tertiary/aromatic N) is 1. The van der Waals surface area contributed by atoms with Gasteiger partial charge in [-0.1, -0.05) is 60.7 Å². The fourth-order valence-corrected chi connectivity index (χ4v) is 3.89. The van der Waals surface area contributed by atoms with Crippen molar-refractivity contribution < 1.29 is 14.6 Å². The second-order valence-corrected chi connectivity index (χ2v) is 7.42. The molecule has 0 saturated heterocycles. The molecule has 148 valence electrons. The molecular formula is C25H25NO3. The van der Waals surface area contributed by atoms with Gasteiger partial charge < -0.3 is 9.84 Å². The zero-order valence-electron chi connectivity index (χ0n) is 16.3. The molecule has 0 fully saturated rings. The largest absolute Gasteiger partial charge is 0.448 e. The van der Waals surface area contributed by atoms with Crippen LogP contribution in [0.4, 0.5) is 16.2 Å². The summed E-state index contributed by atoms with van der Waals surface area (Å²) in [7, 11) is 0. The molecule has 1 amide bonds. The Hall–Kier alpha value is -3.11. The first kappa shape index (κ1) is 19.2. The lowest BCUT2D eigenvalue weighted by Crippen LogP contribution is -2.32. The van der Waals surface area contributed by atoms with Crippen molar-refractivity contribution in [3.63, 3.8) is 0 Å². The molecular weight excluding hydrogens is 362 g/mol. The van der Waals surface area contributed by atoms with Crippen molar-refractivity contribution in [1.29, 1.82) is 0 Å². The van der Waals surface area contributed by atoms with Gasteiger partial charge >= 0.3 is 6.09 Å². The molecule has 0 aromatic heterocycles. The molecule has 3 aromatic rings. The molecule has 2 unspecified atom stereocenters. The minimum atomic E-state index is -0.489. The van der Waals surface area contributed by atoms with E-state index in [1.54, 1.807) is 4.90 Å². The van der Waals surface area contributed by atoms with Gasteiger partial charge in [0.05, 0.1) is 24.1 Å². The summed E-state index contributed by atoms with van der Waals surface area (Å²) in [4.78, 5) is 14.6. The van der Waals surface area contributed by atoms with Crippen LogP contribution < -0.4 is 4.90 Å². The first-order valence-electron chi connectivity index (χ1n) is 10.0. The zero-order chi connectivity index (χ0) is 20.1. The molecule has 1 aliphatic carbocycles. The summed E-state index contributed by atoms with van der Waals surface area (Å²) in [5.74, 6) is -0.115. The van der Waals surface area contributed by atoms with Crippen LogP contribution in [0.5, 0.6) is 0 Å². The number of rotatable bonds is 4. The molecule has 1 aliphatic rings. The Morgan fingerprint density at radius 2 is 1.41 bits per heavy atom. The van der Waals surface area contributed by atoms with Gasteiger partial charge in [-0.3, -0.25) is 0 Å². The van der Waals surface area contributed by atoms with Crippen LogP contribution in [0.1, 0.15) is 17.5 Å². The maximum atomic E-state index is 13.0. The van der Waals surface area contributed by atoms with Gasteiger partial charge in [-0.25, -0.2) is 9.69 Å². The number of hydrogen-bond acceptors (Lipinski definition) is 3. The Morgan fingerprint density at radius 3 is 2.03 bits per heavy atom. The lowest BCUT2D eigenvalue weighted by atomic mass is 9.96. The van der Waals surface area contributed by atoms with Gasteiger partial charge in [0, 0.05) is 5.92 Å². The summed E-state index contributed by atoms with van der Waals surface area (Å²) in [5.41, 5.74) is 3.99. The van der Waals surface area contributed by atoms with E-state index < -0.39 is 12.2 Å². The number of aliphatic hydroxyl groups excluding tert-OH is 1. The van der Waals surface area contributed by atoms with Gasteiger partial charge in [-0.15, -0.1) is 0 Å². The number of para-hydroxylation sites is 2. The van der Waals surface area contributed by atoms with Crippen molar-refractivity contribution in [2.75, 3.05) is 11.5 Å². The number of ether oxygens (including phenoxy) is 1. The summed E-state index contributed by atoms with van der Waals surface area (Å²) in [6.45, 7) is 0.185. The van der Waals surface area contributed by atoms with E-state index in [1.807, 2.05) is 72.8 Å². The minimum Gasteiger partial charge on any atom is -0.448 e. The number of aliphatic hydroxyl groups is 1. The normalized spacial score (nSPS) is 18.4. The summed E-state index contributed by atoms with van der Waals surface area (Å²) < 4.78 is 5.72. The minimum absolute atomic E-state index is 0.115. The Balaban J connectivity index is 1.51. The monoisotopic (exact) mass is 387 g/mol. The Labute approximate surface area is 171 Å².